The molecule has 0 spiro atoms. The highest BCUT2D eigenvalue weighted by molar-refractivity contribution is 5.94. The second-order valence-electron chi connectivity index (χ2n) is 8.02. The van der Waals surface area contributed by atoms with Crippen LogP contribution in [0.4, 0.5) is 4.79 Å². The molecule has 30 heavy (non-hydrogen) atoms. The monoisotopic (exact) mass is 412 g/mol. The molecule has 0 bridgehead atoms. The van der Waals surface area contributed by atoms with Crippen LogP contribution in [0.3, 0.4) is 0 Å². The van der Waals surface area contributed by atoms with Crippen LogP contribution >= 0.6 is 0 Å². The highest BCUT2D eigenvalue weighted by Crippen LogP contribution is 2.24. The van der Waals surface area contributed by atoms with E-state index in [9.17, 15) is 9.59 Å². The summed E-state index contributed by atoms with van der Waals surface area (Å²) in [5.74, 6) is 0.777. The number of nitrogens with zero attached hydrogens (tertiary/aromatic N) is 1. The summed E-state index contributed by atoms with van der Waals surface area (Å²) >= 11 is 0. The number of piperidine rings is 1. The van der Waals surface area contributed by atoms with E-state index in [0.717, 1.165) is 24.4 Å². The van der Waals surface area contributed by atoms with E-state index in [1.807, 2.05) is 38.1 Å². The number of nitrogens with one attached hydrogen (secondary N) is 3. The smallest absolute Gasteiger partial charge is 0.315 e. The molecule has 7 heteroatoms. The lowest BCUT2D eigenvalue weighted by molar-refractivity contribution is 0.0914. The largest absolute Gasteiger partial charge is 0.468 e. The topological polar surface area (TPSA) is 86.6 Å². The van der Waals surface area contributed by atoms with Gasteiger partial charge >= 0.3 is 6.03 Å². The molecule has 1 fully saturated rings. The highest BCUT2D eigenvalue weighted by atomic mass is 16.3. The summed E-state index contributed by atoms with van der Waals surface area (Å²) < 4.78 is 5.64. The Hall–Kier alpha value is -2.80. The second kappa shape index (κ2) is 10.8. The van der Waals surface area contributed by atoms with Crippen LogP contribution < -0.4 is 16.0 Å². The van der Waals surface area contributed by atoms with Gasteiger partial charge in [0, 0.05) is 24.7 Å². The zero-order chi connectivity index (χ0) is 21.3. The van der Waals surface area contributed by atoms with Crippen LogP contribution in [0.15, 0.2) is 47.1 Å². The average molecular weight is 413 g/mol. The first-order chi connectivity index (χ1) is 14.5. The molecular weight excluding hydrogens is 380 g/mol. The van der Waals surface area contributed by atoms with Gasteiger partial charge in [-0.2, -0.15) is 0 Å². The Labute approximate surface area is 178 Å². The number of benzene rings is 1. The van der Waals surface area contributed by atoms with E-state index in [4.69, 9.17) is 4.42 Å². The maximum Gasteiger partial charge on any atom is 0.315 e. The lowest BCUT2D eigenvalue weighted by Crippen LogP contribution is -2.40. The lowest BCUT2D eigenvalue weighted by Gasteiger charge is -2.33. The third-order valence-corrected chi connectivity index (χ3v) is 5.25. The van der Waals surface area contributed by atoms with Crippen molar-refractivity contribution in [3.05, 3.63) is 59.5 Å². The number of likely N-dealkylation sites (tertiary alicyclic amines) is 1. The quantitative estimate of drug-likeness (QED) is 0.620. The van der Waals surface area contributed by atoms with Crippen molar-refractivity contribution in [1.82, 2.24) is 20.9 Å². The Morgan fingerprint density at radius 3 is 2.40 bits per heavy atom. The van der Waals surface area contributed by atoms with E-state index in [1.54, 1.807) is 18.4 Å². The Bertz CT molecular complexity index is 796. The van der Waals surface area contributed by atoms with Crippen molar-refractivity contribution in [1.29, 1.82) is 0 Å². The van der Waals surface area contributed by atoms with Crippen LogP contribution in [-0.4, -0.2) is 42.5 Å². The Morgan fingerprint density at radius 2 is 1.77 bits per heavy atom. The van der Waals surface area contributed by atoms with Gasteiger partial charge in [-0.1, -0.05) is 18.6 Å². The maximum atomic E-state index is 12.7. The van der Waals surface area contributed by atoms with Gasteiger partial charge in [-0.15, -0.1) is 0 Å². The maximum absolute atomic E-state index is 12.7. The van der Waals surface area contributed by atoms with E-state index in [1.165, 1.54) is 19.3 Å². The normalized spacial score (nSPS) is 15.6. The first kappa shape index (κ1) is 21.9. The first-order valence-electron chi connectivity index (χ1n) is 10.7. The third-order valence-electron chi connectivity index (χ3n) is 5.25. The molecule has 1 atom stereocenters. The van der Waals surface area contributed by atoms with Gasteiger partial charge in [-0.25, -0.2) is 4.79 Å². The summed E-state index contributed by atoms with van der Waals surface area (Å²) in [4.78, 5) is 26.7. The predicted molar refractivity (Wildman–Crippen MR) is 116 cm³/mol. The van der Waals surface area contributed by atoms with Gasteiger partial charge in [0.25, 0.3) is 5.91 Å². The predicted octanol–water partition coefficient (Wildman–Crippen LogP) is 3.44. The van der Waals surface area contributed by atoms with E-state index in [-0.39, 0.29) is 24.0 Å². The fraction of sp³-hybridized carbons (Fsp3) is 0.478. The molecule has 3 N–H and O–H groups in total. The van der Waals surface area contributed by atoms with E-state index in [0.29, 0.717) is 18.7 Å². The Balaban J connectivity index is 1.53. The molecular formula is C23H32N4O3. The summed E-state index contributed by atoms with van der Waals surface area (Å²) in [5, 5.41) is 8.64. The van der Waals surface area contributed by atoms with Crippen LogP contribution in [0, 0.1) is 0 Å². The Kier molecular flexibility index (Phi) is 7.90. The molecule has 3 rings (SSSR count). The highest BCUT2D eigenvalue weighted by Gasteiger charge is 2.25. The number of carbonyl (C=O) groups excluding carboxylic acids is 2. The van der Waals surface area contributed by atoms with Gasteiger partial charge in [-0.3, -0.25) is 9.69 Å². The number of amides is 3. The SMILES string of the molecule is CC(C)NC(=O)NCc1ccc(C(=O)NC[C@@H](c2ccco2)N2CCCCC2)cc1. The van der Waals surface area contributed by atoms with Gasteiger partial charge in [0.1, 0.15) is 5.76 Å². The van der Waals surface area contributed by atoms with E-state index < -0.39 is 0 Å². The standard InChI is InChI=1S/C23H32N4O3/c1-17(2)26-23(29)25-15-18-8-10-19(11-9-18)22(28)24-16-20(21-7-6-14-30-21)27-12-4-3-5-13-27/h6-11,14,17,20H,3-5,12-13,15-16H2,1-2H3,(H,24,28)(H2,25,26,29)/t20-/m0/s1. The van der Waals surface area contributed by atoms with Crippen LogP contribution in [-0.2, 0) is 6.54 Å². The van der Waals surface area contributed by atoms with E-state index in [2.05, 4.69) is 20.9 Å². The van der Waals surface area contributed by atoms with Gasteiger partial charge in [-0.05, 0) is 69.6 Å². The van der Waals surface area contributed by atoms with Crippen molar-refractivity contribution >= 4 is 11.9 Å². The van der Waals surface area contributed by atoms with Crippen molar-refractivity contribution < 1.29 is 14.0 Å². The zero-order valence-corrected chi connectivity index (χ0v) is 17.8. The molecule has 162 valence electrons. The van der Waals surface area contributed by atoms with Crippen LogP contribution in [0.25, 0.3) is 0 Å². The lowest BCUT2D eigenvalue weighted by atomic mass is 10.1. The number of hydrogen-bond acceptors (Lipinski definition) is 4. The van der Waals surface area contributed by atoms with Crippen molar-refractivity contribution in [2.24, 2.45) is 0 Å². The van der Waals surface area contributed by atoms with Gasteiger partial charge in [0.2, 0.25) is 0 Å². The summed E-state index contributed by atoms with van der Waals surface area (Å²) in [6.45, 7) is 6.78. The zero-order valence-electron chi connectivity index (χ0n) is 17.8. The molecule has 0 aliphatic carbocycles. The molecule has 7 nitrogen and oxygen atoms in total. The summed E-state index contributed by atoms with van der Waals surface area (Å²) in [6, 6.07) is 11.1. The molecule has 1 aromatic heterocycles. The molecule has 1 aromatic carbocycles. The second-order valence-corrected chi connectivity index (χ2v) is 8.02. The fourth-order valence-electron chi connectivity index (χ4n) is 3.68. The van der Waals surface area contributed by atoms with Crippen molar-refractivity contribution in [3.8, 4) is 0 Å². The number of urea groups is 1. The molecule has 2 aromatic rings. The number of carbonyl (C=O) groups is 2. The Morgan fingerprint density at radius 1 is 1.03 bits per heavy atom. The number of furan rings is 1. The van der Waals surface area contributed by atoms with Gasteiger partial charge in [0.15, 0.2) is 0 Å². The van der Waals surface area contributed by atoms with Crippen LogP contribution in [0.2, 0.25) is 0 Å². The minimum Gasteiger partial charge on any atom is -0.468 e. The van der Waals surface area contributed by atoms with Crippen molar-refractivity contribution in [2.75, 3.05) is 19.6 Å². The van der Waals surface area contributed by atoms with Crippen molar-refractivity contribution in [2.45, 2.75) is 51.7 Å². The molecule has 1 saturated heterocycles. The minimum absolute atomic E-state index is 0.0483. The molecule has 2 heterocycles. The summed E-state index contributed by atoms with van der Waals surface area (Å²) in [6.07, 6.45) is 5.29. The molecule has 0 radical (unpaired) electrons. The van der Waals surface area contributed by atoms with Crippen LogP contribution in [0.1, 0.15) is 60.8 Å². The van der Waals surface area contributed by atoms with Gasteiger partial charge < -0.3 is 20.4 Å². The van der Waals surface area contributed by atoms with E-state index >= 15 is 0 Å². The summed E-state index contributed by atoms with van der Waals surface area (Å²) in [7, 11) is 0. The minimum atomic E-state index is -0.200. The molecule has 3 amide bonds. The molecule has 1 aliphatic heterocycles. The third kappa shape index (κ3) is 6.35. The molecule has 1 aliphatic rings. The molecule has 0 unspecified atom stereocenters. The molecule has 0 saturated carbocycles. The number of rotatable bonds is 8. The van der Waals surface area contributed by atoms with Gasteiger partial charge in [0.05, 0.1) is 12.3 Å². The fourth-order valence-corrected chi connectivity index (χ4v) is 3.68. The van der Waals surface area contributed by atoms with Crippen LogP contribution in [0.5, 0.6) is 0 Å². The average Bonchev–Trinajstić information content (AvgIpc) is 3.27. The number of hydrogen-bond donors (Lipinski definition) is 3. The van der Waals surface area contributed by atoms with Crippen molar-refractivity contribution in [3.63, 3.8) is 0 Å². The summed E-state index contributed by atoms with van der Waals surface area (Å²) in [5.41, 5.74) is 1.54. The first-order valence-corrected chi connectivity index (χ1v) is 10.7.